The average molecular weight is 285 g/mol. The van der Waals surface area contributed by atoms with E-state index in [1.807, 2.05) is 54.4 Å². The second kappa shape index (κ2) is 7.40. The van der Waals surface area contributed by atoms with Crippen LogP contribution in [0.15, 0.2) is 48.7 Å². The van der Waals surface area contributed by atoms with Gasteiger partial charge < -0.3 is 10.1 Å². The molecule has 5 nitrogen and oxygen atoms in total. The predicted molar refractivity (Wildman–Crippen MR) is 82.2 cm³/mol. The molecular weight excluding hydrogens is 266 g/mol. The molecule has 1 amide bonds. The molecule has 1 aromatic carbocycles. The monoisotopic (exact) mass is 285 g/mol. The Kier molecular flexibility index (Phi) is 5.29. The van der Waals surface area contributed by atoms with Gasteiger partial charge in [-0.05, 0) is 43.4 Å². The standard InChI is InChI=1S/C16H19N3O2/c1-19(11-14-5-3-4-10-17-14)12-16(20)18-13-6-8-15(21-2)9-7-13/h3-10H,11-12H2,1-2H3,(H,18,20). The lowest BCUT2D eigenvalue weighted by molar-refractivity contribution is -0.117. The number of pyridine rings is 1. The summed E-state index contributed by atoms with van der Waals surface area (Å²) in [5.74, 6) is 0.707. The molecule has 0 aliphatic heterocycles. The van der Waals surface area contributed by atoms with E-state index >= 15 is 0 Å². The zero-order valence-corrected chi connectivity index (χ0v) is 12.2. The van der Waals surface area contributed by atoms with Crippen LogP contribution >= 0.6 is 0 Å². The molecule has 110 valence electrons. The van der Waals surface area contributed by atoms with Crippen molar-refractivity contribution in [2.45, 2.75) is 6.54 Å². The summed E-state index contributed by atoms with van der Waals surface area (Å²) >= 11 is 0. The van der Waals surface area contributed by atoms with Crippen molar-refractivity contribution in [3.8, 4) is 5.75 Å². The number of methoxy groups -OCH3 is 1. The normalized spacial score (nSPS) is 10.4. The maximum Gasteiger partial charge on any atom is 0.238 e. The van der Waals surface area contributed by atoms with Gasteiger partial charge in [0.1, 0.15) is 5.75 Å². The van der Waals surface area contributed by atoms with Gasteiger partial charge >= 0.3 is 0 Å². The topological polar surface area (TPSA) is 54.5 Å². The number of carbonyl (C=O) groups excluding carboxylic acids is 1. The molecule has 0 spiro atoms. The number of benzene rings is 1. The summed E-state index contributed by atoms with van der Waals surface area (Å²) in [4.78, 5) is 18.1. The average Bonchev–Trinajstić information content (AvgIpc) is 2.48. The van der Waals surface area contributed by atoms with Gasteiger partial charge in [0, 0.05) is 18.4 Å². The SMILES string of the molecule is COc1ccc(NC(=O)CN(C)Cc2ccccn2)cc1. The van der Waals surface area contributed by atoms with Crippen molar-refractivity contribution in [2.24, 2.45) is 0 Å². The van der Waals surface area contributed by atoms with Crippen LogP contribution in [-0.2, 0) is 11.3 Å². The summed E-state index contributed by atoms with van der Waals surface area (Å²) in [7, 11) is 3.50. The number of nitrogens with zero attached hydrogens (tertiary/aromatic N) is 2. The minimum Gasteiger partial charge on any atom is -0.497 e. The van der Waals surface area contributed by atoms with Gasteiger partial charge in [0.25, 0.3) is 0 Å². The lowest BCUT2D eigenvalue weighted by atomic mass is 10.3. The molecule has 0 bridgehead atoms. The Morgan fingerprint density at radius 3 is 2.62 bits per heavy atom. The first kappa shape index (κ1) is 15.0. The van der Waals surface area contributed by atoms with Crippen molar-refractivity contribution < 1.29 is 9.53 Å². The first-order valence-corrected chi connectivity index (χ1v) is 6.70. The Balaban J connectivity index is 1.83. The summed E-state index contributed by atoms with van der Waals surface area (Å²) in [5.41, 5.74) is 1.70. The van der Waals surface area contributed by atoms with E-state index in [4.69, 9.17) is 4.74 Å². The fraction of sp³-hybridized carbons (Fsp3) is 0.250. The van der Waals surface area contributed by atoms with E-state index in [0.29, 0.717) is 13.1 Å². The zero-order chi connectivity index (χ0) is 15.1. The summed E-state index contributed by atoms with van der Waals surface area (Å²) in [6, 6.07) is 13.0. The van der Waals surface area contributed by atoms with Crippen LogP contribution in [0.4, 0.5) is 5.69 Å². The molecule has 5 heteroatoms. The second-order valence-corrected chi connectivity index (χ2v) is 4.77. The number of hydrogen-bond donors (Lipinski definition) is 1. The van der Waals surface area contributed by atoms with Gasteiger partial charge in [0.05, 0.1) is 19.3 Å². The van der Waals surface area contributed by atoms with Crippen LogP contribution in [0.2, 0.25) is 0 Å². The molecule has 0 aliphatic carbocycles. The number of aromatic nitrogens is 1. The number of carbonyl (C=O) groups is 1. The van der Waals surface area contributed by atoms with Gasteiger partial charge in [-0.1, -0.05) is 6.07 Å². The highest BCUT2D eigenvalue weighted by Crippen LogP contribution is 2.14. The van der Waals surface area contributed by atoms with E-state index in [2.05, 4.69) is 10.3 Å². The van der Waals surface area contributed by atoms with Crippen molar-refractivity contribution in [1.29, 1.82) is 0 Å². The summed E-state index contributed by atoms with van der Waals surface area (Å²) in [6.45, 7) is 0.944. The van der Waals surface area contributed by atoms with Crippen molar-refractivity contribution in [2.75, 3.05) is 26.0 Å². The van der Waals surface area contributed by atoms with Gasteiger partial charge in [-0.15, -0.1) is 0 Å². The highest BCUT2D eigenvalue weighted by molar-refractivity contribution is 5.92. The maximum absolute atomic E-state index is 12.0. The van der Waals surface area contributed by atoms with Gasteiger partial charge in [0.15, 0.2) is 0 Å². The van der Waals surface area contributed by atoms with Gasteiger partial charge in [-0.25, -0.2) is 0 Å². The van der Waals surface area contributed by atoms with Crippen molar-refractivity contribution in [3.05, 3.63) is 54.4 Å². The highest BCUT2D eigenvalue weighted by Gasteiger charge is 2.08. The first-order valence-electron chi connectivity index (χ1n) is 6.70. The number of amides is 1. The molecule has 0 atom stereocenters. The third-order valence-corrected chi connectivity index (χ3v) is 2.95. The summed E-state index contributed by atoms with van der Waals surface area (Å²) in [5, 5.41) is 2.85. The number of anilines is 1. The third-order valence-electron chi connectivity index (χ3n) is 2.95. The van der Waals surface area contributed by atoms with E-state index in [1.165, 1.54) is 0 Å². The van der Waals surface area contributed by atoms with Crippen LogP contribution in [0.25, 0.3) is 0 Å². The number of rotatable bonds is 6. The number of likely N-dealkylation sites (N-methyl/N-ethyl adjacent to an activating group) is 1. The lowest BCUT2D eigenvalue weighted by Gasteiger charge is -2.15. The van der Waals surface area contributed by atoms with Gasteiger partial charge in [-0.3, -0.25) is 14.7 Å². The van der Waals surface area contributed by atoms with E-state index in [0.717, 1.165) is 17.1 Å². The van der Waals surface area contributed by atoms with Gasteiger partial charge in [-0.2, -0.15) is 0 Å². The summed E-state index contributed by atoms with van der Waals surface area (Å²) in [6.07, 6.45) is 1.75. The fourth-order valence-electron chi connectivity index (χ4n) is 1.94. The van der Waals surface area contributed by atoms with E-state index in [1.54, 1.807) is 13.3 Å². The van der Waals surface area contributed by atoms with E-state index in [-0.39, 0.29) is 5.91 Å². The smallest absolute Gasteiger partial charge is 0.238 e. The molecule has 0 saturated heterocycles. The molecule has 0 unspecified atom stereocenters. The van der Waals surface area contributed by atoms with Crippen LogP contribution < -0.4 is 10.1 Å². The van der Waals surface area contributed by atoms with Crippen LogP contribution in [0.1, 0.15) is 5.69 Å². The van der Waals surface area contributed by atoms with Gasteiger partial charge in [0.2, 0.25) is 5.91 Å². The Labute approximate surface area is 124 Å². The zero-order valence-electron chi connectivity index (χ0n) is 12.2. The highest BCUT2D eigenvalue weighted by atomic mass is 16.5. The summed E-state index contributed by atoms with van der Waals surface area (Å²) < 4.78 is 5.08. The van der Waals surface area contributed by atoms with Crippen molar-refractivity contribution >= 4 is 11.6 Å². The maximum atomic E-state index is 12.0. The molecule has 21 heavy (non-hydrogen) atoms. The number of ether oxygens (including phenoxy) is 1. The Morgan fingerprint density at radius 1 is 1.24 bits per heavy atom. The molecule has 2 rings (SSSR count). The predicted octanol–water partition coefficient (Wildman–Crippen LogP) is 2.16. The molecular formula is C16H19N3O2. The molecule has 1 heterocycles. The number of nitrogens with one attached hydrogen (secondary N) is 1. The van der Waals surface area contributed by atoms with Crippen LogP contribution in [0.3, 0.4) is 0 Å². The fourth-order valence-corrected chi connectivity index (χ4v) is 1.94. The quantitative estimate of drug-likeness (QED) is 0.883. The van der Waals surface area contributed by atoms with Crippen molar-refractivity contribution in [3.63, 3.8) is 0 Å². The molecule has 0 radical (unpaired) electrons. The molecule has 0 saturated carbocycles. The Morgan fingerprint density at radius 2 is 2.00 bits per heavy atom. The first-order chi connectivity index (χ1) is 10.2. The lowest BCUT2D eigenvalue weighted by Crippen LogP contribution is -2.30. The largest absolute Gasteiger partial charge is 0.497 e. The van der Waals surface area contributed by atoms with E-state index < -0.39 is 0 Å². The molecule has 0 fully saturated rings. The molecule has 1 N–H and O–H groups in total. The van der Waals surface area contributed by atoms with E-state index in [9.17, 15) is 4.79 Å². The number of hydrogen-bond acceptors (Lipinski definition) is 4. The second-order valence-electron chi connectivity index (χ2n) is 4.77. The van der Waals surface area contributed by atoms with Crippen LogP contribution in [0, 0.1) is 0 Å². The minimum atomic E-state index is -0.0569. The van der Waals surface area contributed by atoms with Crippen LogP contribution in [-0.4, -0.2) is 36.5 Å². The van der Waals surface area contributed by atoms with Crippen LogP contribution in [0.5, 0.6) is 5.75 Å². The Bertz CT molecular complexity index is 570. The minimum absolute atomic E-state index is 0.0569. The molecule has 2 aromatic rings. The Hall–Kier alpha value is -2.40. The van der Waals surface area contributed by atoms with Crippen molar-refractivity contribution in [1.82, 2.24) is 9.88 Å². The molecule has 1 aromatic heterocycles. The third kappa shape index (κ3) is 4.89. The molecule has 0 aliphatic rings.